The molecule has 5 heteroatoms. The second kappa shape index (κ2) is 6.09. The molecule has 2 amide bonds. The molecule has 1 saturated carbocycles. The summed E-state index contributed by atoms with van der Waals surface area (Å²) in [5.41, 5.74) is 0. The number of urea groups is 1. The summed E-state index contributed by atoms with van der Waals surface area (Å²) in [6.07, 6.45) is 5.92. The summed E-state index contributed by atoms with van der Waals surface area (Å²) >= 11 is 0. The fourth-order valence-corrected chi connectivity index (χ4v) is 2.86. The van der Waals surface area contributed by atoms with Crippen LogP contribution in [0.3, 0.4) is 0 Å². The van der Waals surface area contributed by atoms with Gasteiger partial charge in [-0.25, -0.2) is 4.79 Å². The molecule has 2 N–H and O–H groups in total. The minimum atomic E-state index is 0.0937. The lowest BCUT2D eigenvalue weighted by Gasteiger charge is -2.33. The van der Waals surface area contributed by atoms with Gasteiger partial charge in [0.25, 0.3) is 0 Å². The first-order chi connectivity index (χ1) is 9.31. The highest BCUT2D eigenvalue weighted by molar-refractivity contribution is 5.74. The number of hydrogen-bond donors (Lipinski definition) is 2. The van der Waals surface area contributed by atoms with E-state index in [2.05, 4.69) is 10.6 Å². The van der Waals surface area contributed by atoms with E-state index < -0.39 is 0 Å². The average molecular weight is 267 g/mol. The molecule has 0 aromatic rings. The molecule has 1 atom stereocenters. The Morgan fingerprint density at radius 2 is 1.89 bits per heavy atom. The molecule has 0 radical (unpaired) electrons. The Labute approximate surface area is 115 Å². The van der Waals surface area contributed by atoms with Crippen LogP contribution in [-0.2, 0) is 4.74 Å². The number of likely N-dealkylation sites (tertiary alicyclic amines) is 1. The van der Waals surface area contributed by atoms with Crippen LogP contribution in [0, 0.1) is 5.92 Å². The molecular formula is C14H25N3O2. The van der Waals surface area contributed by atoms with Gasteiger partial charge in [-0.15, -0.1) is 0 Å². The predicted octanol–water partition coefficient (Wildman–Crippen LogP) is 0.949. The topological polar surface area (TPSA) is 53.6 Å². The minimum absolute atomic E-state index is 0.0937. The van der Waals surface area contributed by atoms with Crippen molar-refractivity contribution in [3.8, 4) is 0 Å². The van der Waals surface area contributed by atoms with E-state index in [1.807, 2.05) is 4.90 Å². The lowest BCUT2D eigenvalue weighted by Crippen LogP contribution is -2.50. The Kier molecular flexibility index (Phi) is 4.23. The third-order valence-corrected chi connectivity index (χ3v) is 4.43. The Morgan fingerprint density at radius 1 is 1.11 bits per heavy atom. The zero-order valence-electron chi connectivity index (χ0n) is 11.6. The fraction of sp³-hybridized carbons (Fsp3) is 0.929. The molecule has 0 spiro atoms. The van der Waals surface area contributed by atoms with Crippen LogP contribution < -0.4 is 10.6 Å². The molecule has 2 heterocycles. The van der Waals surface area contributed by atoms with Crippen molar-refractivity contribution >= 4 is 6.03 Å². The predicted molar refractivity (Wildman–Crippen MR) is 73.1 cm³/mol. The van der Waals surface area contributed by atoms with Crippen LogP contribution in [0.5, 0.6) is 0 Å². The lowest BCUT2D eigenvalue weighted by atomic mass is 10.1. The Bertz CT molecular complexity index is 306. The number of amides is 2. The quantitative estimate of drug-likeness (QED) is 0.797. The molecule has 0 aromatic heterocycles. The first-order valence-corrected chi connectivity index (χ1v) is 7.68. The number of carbonyl (C=O) groups excluding carboxylic acids is 1. The number of nitrogens with zero attached hydrogens (tertiary/aromatic N) is 1. The first-order valence-electron chi connectivity index (χ1n) is 7.68. The van der Waals surface area contributed by atoms with Crippen molar-refractivity contribution in [2.75, 3.05) is 32.8 Å². The number of hydrogen-bond acceptors (Lipinski definition) is 3. The maximum atomic E-state index is 12.1. The number of nitrogens with one attached hydrogen (secondary N) is 2. The summed E-state index contributed by atoms with van der Waals surface area (Å²) in [5, 5.41) is 6.70. The van der Waals surface area contributed by atoms with E-state index in [0.29, 0.717) is 12.6 Å². The van der Waals surface area contributed by atoms with Crippen LogP contribution in [0.4, 0.5) is 4.79 Å². The molecule has 3 fully saturated rings. The van der Waals surface area contributed by atoms with E-state index >= 15 is 0 Å². The molecule has 2 aliphatic heterocycles. The fourth-order valence-electron chi connectivity index (χ4n) is 2.86. The van der Waals surface area contributed by atoms with Crippen LogP contribution in [-0.4, -0.2) is 55.9 Å². The van der Waals surface area contributed by atoms with Gasteiger partial charge in [-0.1, -0.05) is 0 Å². The minimum Gasteiger partial charge on any atom is -0.379 e. The molecule has 1 unspecified atom stereocenters. The van der Waals surface area contributed by atoms with Gasteiger partial charge in [0.15, 0.2) is 0 Å². The number of piperidine rings is 1. The highest BCUT2D eigenvalue weighted by atomic mass is 16.5. The summed E-state index contributed by atoms with van der Waals surface area (Å²) in [4.78, 5) is 14.0. The van der Waals surface area contributed by atoms with Gasteiger partial charge < -0.3 is 20.3 Å². The van der Waals surface area contributed by atoms with Gasteiger partial charge in [0.05, 0.1) is 12.6 Å². The standard InChI is InChI=1S/C14H25N3O2/c18-14(16-13-5-8-19-10-13)17-6-3-12(4-7-17)15-9-11-1-2-11/h11-13,15H,1-10H2,(H,16,18). The van der Waals surface area contributed by atoms with Crippen LogP contribution in [0.1, 0.15) is 32.1 Å². The van der Waals surface area contributed by atoms with Gasteiger partial charge in [-0.2, -0.15) is 0 Å². The SMILES string of the molecule is O=C(NC1CCOC1)N1CCC(NCC2CC2)CC1. The monoisotopic (exact) mass is 267 g/mol. The average Bonchev–Trinajstić information content (AvgIpc) is 3.13. The first kappa shape index (κ1) is 13.2. The largest absolute Gasteiger partial charge is 0.379 e. The van der Waals surface area contributed by atoms with Crippen LogP contribution in [0.25, 0.3) is 0 Å². The zero-order chi connectivity index (χ0) is 13.1. The number of rotatable bonds is 4. The molecule has 1 aliphatic carbocycles. The molecule has 2 saturated heterocycles. The van der Waals surface area contributed by atoms with Gasteiger partial charge in [0, 0.05) is 25.7 Å². The van der Waals surface area contributed by atoms with Crippen molar-refractivity contribution in [2.45, 2.75) is 44.2 Å². The molecule has 108 valence electrons. The van der Waals surface area contributed by atoms with Crippen molar-refractivity contribution in [1.29, 1.82) is 0 Å². The van der Waals surface area contributed by atoms with E-state index in [1.54, 1.807) is 0 Å². The second-order valence-corrected chi connectivity index (χ2v) is 6.12. The molecule has 5 nitrogen and oxygen atoms in total. The second-order valence-electron chi connectivity index (χ2n) is 6.12. The van der Waals surface area contributed by atoms with E-state index in [4.69, 9.17) is 4.74 Å². The molecule has 0 aromatic carbocycles. The number of carbonyl (C=O) groups is 1. The summed E-state index contributed by atoms with van der Waals surface area (Å²) in [7, 11) is 0. The van der Waals surface area contributed by atoms with Gasteiger partial charge >= 0.3 is 6.03 Å². The Hall–Kier alpha value is -0.810. The van der Waals surface area contributed by atoms with Gasteiger partial charge in [0.2, 0.25) is 0 Å². The van der Waals surface area contributed by atoms with E-state index in [9.17, 15) is 4.79 Å². The zero-order valence-corrected chi connectivity index (χ0v) is 11.6. The maximum absolute atomic E-state index is 12.1. The van der Waals surface area contributed by atoms with E-state index in [1.165, 1.54) is 19.4 Å². The lowest BCUT2D eigenvalue weighted by molar-refractivity contribution is 0.165. The maximum Gasteiger partial charge on any atom is 0.317 e. The van der Waals surface area contributed by atoms with Gasteiger partial charge in [0.1, 0.15) is 0 Å². The third-order valence-electron chi connectivity index (χ3n) is 4.43. The van der Waals surface area contributed by atoms with Crippen molar-refractivity contribution in [3.05, 3.63) is 0 Å². The molecule has 3 aliphatic rings. The molecule has 19 heavy (non-hydrogen) atoms. The molecule has 0 bridgehead atoms. The highest BCUT2D eigenvalue weighted by Crippen LogP contribution is 2.28. The van der Waals surface area contributed by atoms with Crippen molar-refractivity contribution < 1.29 is 9.53 Å². The summed E-state index contributed by atoms with van der Waals surface area (Å²) in [6, 6.07) is 0.925. The third kappa shape index (κ3) is 3.83. The normalized spacial score (nSPS) is 28.6. The molecular weight excluding hydrogens is 242 g/mol. The van der Waals surface area contributed by atoms with E-state index in [0.717, 1.165) is 44.9 Å². The summed E-state index contributed by atoms with van der Waals surface area (Å²) in [5.74, 6) is 0.934. The van der Waals surface area contributed by atoms with Crippen molar-refractivity contribution in [2.24, 2.45) is 5.92 Å². The van der Waals surface area contributed by atoms with Crippen molar-refractivity contribution in [3.63, 3.8) is 0 Å². The van der Waals surface area contributed by atoms with Crippen LogP contribution >= 0.6 is 0 Å². The van der Waals surface area contributed by atoms with Crippen LogP contribution in [0.2, 0.25) is 0 Å². The summed E-state index contributed by atoms with van der Waals surface area (Å²) in [6.45, 7) is 4.38. The summed E-state index contributed by atoms with van der Waals surface area (Å²) < 4.78 is 5.28. The van der Waals surface area contributed by atoms with Crippen molar-refractivity contribution in [1.82, 2.24) is 15.5 Å². The molecule has 3 rings (SSSR count). The van der Waals surface area contributed by atoms with Gasteiger partial charge in [-0.05, 0) is 44.6 Å². The number of ether oxygens (including phenoxy) is 1. The smallest absolute Gasteiger partial charge is 0.317 e. The van der Waals surface area contributed by atoms with Crippen LogP contribution in [0.15, 0.2) is 0 Å². The van der Waals surface area contributed by atoms with E-state index in [-0.39, 0.29) is 12.1 Å². The van der Waals surface area contributed by atoms with Gasteiger partial charge in [-0.3, -0.25) is 0 Å². The highest BCUT2D eigenvalue weighted by Gasteiger charge is 2.27. The Morgan fingerprint density at radius 3 is 2.53 bits per heavy atom. The Balaban J connectivity index is 1.35.